The molecule has 72 valence electrons. The van der Waals surface area contributed by atoms with Gasteiger partial charge in [-0.1, -0.05) is 0 Å². The molecule has 13 heavy (non-hydrogen) atoms. The van der Waals surface area contributed by atoms with E-state index < -0.39 is 12.1 Å². The number of carbonyl (C=O) groups is 1. The van der Waals surface area contributed by atoms with Crippen molar-refractivity contribution in [1.29, 1.82) is 0 Å². The van der Waals surface area contributed by atoms with Crippen molar-refractivity contribution in [2.75, 3.05) is 13.2 Å². The molecule has 0 fully saturated rings. The fraction of sp³-hybridized carbons (Fsp3) is 0.625. The average Bonchev–Trinajstić information content (AvgIpc) is 2.56. The van der Waals surface area contributed by atoms with Crippen LogP contribution in [0, 0.1) is 0 Å². The molecule has 1 aliphatic rings. The lowest BCUT2D eigenvalue weighted by Crippen LogP contribution is -2.20. The molecule has 0 saturated heterocycles. The smallest absolute Gasteiger partial charge is 0.332 e. The highest BCUT2D eigenvalue weighted by atomic mass is 16.5. The van der Waals surface area contributed by atoms with Crippen LogP contribution in [-0.4, -0.2) is 30.3 Å². The first-order valence-corrected chi connectivity index (χ1v) is 4.09. The summed E-state index contributed by atoms with van der Waals surface area (Å²) in [4.78, 5) is 10.3. The van der Waals surface area contributed by atoms with Gasteiger partial charge in [0, 0.05) is 0 Å². The van der Waals surface area contributed by atoms with Crippen LogP contribution < -0.4 is 0 Å². The predicted molar refractivity (Wildman–Crippen MR) is 45.5 cm³/mol. The van der Waals surface area contributed by atoms with Gasteiger partial charge < -0.3 is 9.84 Å². The fourth-order valence-electron chi connectivity index (χ4n) is 0.877. The maximum absolute atomic E-state index is 10.3. The van der Waals surface area contributed by atoms with Crippen LogP contribution in [0.2, 0.25) is 0 Å². The molecule has 5 heteroatoms. The lowest BCUT2D eigenvalue weighted by atomic mass is 10.2. The van der Waals surface area contributed by atoms with Gasteiger partial charge in [0.15, 0.2) is 6.10 Å². The molecule has 1 heterocycles. The van der Waals surface area contributed by atoms with Gasteiger partial charge in [-0.2, -0.15) is 10.2 Å². The number of azo groups is 1. The highest BCUT2D eigenvalue weighted by molar-refractivity contribution is 5.71. The number of carboxylic acid groups (broad SMARTS) is 1. The van der Waals surface area contributed by atoms with Gasteiger partial charge in [-0.15, -0.1) is 0 Å². The third kappa shape index (κ3) is 3.33. The van der Waals surface area contributed by atoms with E-state index in [1.807, 2.05) is 0 Å². The van der Waals surface area contributed by atoms with Crippen molar-refractivity contribution < 1.29 is 14.6 Å². The van der Waals surface area contributed by atoms with E-state index in [4.69, 9.17) is 9.84 Å². The summed E-state index contributed by atoms with van der Waals surface area (Å²) in [6.07, 6.45) is 1.65. The maximum Gasteiger partial charge on any atom is 0.332 e. The summed E-state index contributed by atoms with van der Waals surface area (Å²) in [5.74, 6) is -0.935. The highest BCUT2D eigenvalue weighted by Crippen LogP contribution is 2.09. The maximum atomic E-state index is 10.3. The Morgan fingerprint density at radius 3 is 3.15 bits per heavy atom. The molecule has 1 atom stereocenters. The Bertz CT molecular complexity index is 248. The quantitative estimate of drug-likeness (QED) is 0.698. The third-order valence-corrected chi connectivity index (χ3v) is 1.73. The summed E-state index contributed by atoms with van der Waals surface area (Å²) in [5, 5.41) is 15.9. The average molecular weight is 184 g/mol. The number of hydrogen-bond acceptors (Lipinski definition) is 4. The van der Waals surface area contributed by atoms with Crippen molar-refractivity contribution in [3.05, 3.63) is 11.8 Å². The monoisotopic (exact) mass is 184 g/mol. The lowest BCUT2D eigenvalue weighted by molar-refractivity contribution is -0.149. The fourth-order valence-corrected chi connectivity index (χ4v) is 0.877. The highest BCUT2D eigenvalue weighted by Gasteiger charge is 2.11. The molecule has 0 radical (unpaired) electrons. The van der Waals surface area contributed by atoms with E-state index in [-0.39, 0.29) is 0 Å². The first-order chi connectivity index (χ1) is 6.20. The van der Waals surface area contributed by atoms with Crippen molar-refractivity contribution in [1.82, 2.24) is 0 Å². The Morgan fingerprint density at radius 2 is 2.62 bits per heavy atom. The van der Waals surface area contributed by atoms with E-state index in [1.165, 1.54) is 6.92 Å². The number of ether oxygens (including phenoxy) is 1. The molecule has 1 N–H and O–H groups in total. The molecule has 1 unspecified atom stereocenters. The molecular weight excluding hydrogens is 172 g/mol. The van der Waals surface area contributed by atoms with E-state index in [0.29, 0.717) is 19.6 Å². The number of rotatable bonds is 5. The molecule has 1 aliphatic heterocycles. The van der Waals surface area contributed by atoms with Crippen LogP contribution in [0.15, 0.2) is 22.0 Å². The summed E-state index contributed by atoms with van der Waals surface area (Å²) in [7, 11) is 0. The van der Waals surface area contributed by atoms with Gasteiger partial charge in [0.25, 0.3) is 0 Å². The zero-order valence-electron chi connectivity index (χ0n) is 7.43. The summed E-state index contributed by atoms with van der Waals surface area (Å²) in [6, 6.07) is 0. The zero-order chi connectivity index (χ0) is 9.68. The Morgan fingerprint density at radius 1 is 1.85 bits per heavy atom. The number of aliphatic carboxylic acids is 1. The molecule has 0 saturated carbocycles. The molecule has 0 aromatic heterocycles. The predicted octanol–water partition coefficient (Wildman–Crippen LogP) is 1.22. The van der Waals surface area contributed by atoms with Crippen molar-refractivity contribution in [3.8, 4) is 0 Å². The van der Waals surface area contributed by atoms with Gasteiger partial charge in [0.1, 0.15) is 0 Å². The van der Waals surface area contributed by atoms with Crippen molar-refractivity contribution in [3.63, 3.8) is 0 Å². The van der Waals surface area contributed by atoms with Crippen LogP contribution in [0.4, 0.5) is 0 Å². The second-order valence-corrected chi connectivity index (χ2v) is 2.80. The molecule has 0 aromatic carbocycles. The third-order valence-electron chi connectivity index (χ3n) is 1.73. The standard InChI is InChI=1S/C8H12N2O3/c1-6(8(11)12)13-3-2-7-4-9-10-5-7/h4,6H,2-3,5H2,1H3,(H,11,12). The SMILES string of the molecule is CC(OCCC1=CN=NC1)C(=O)O. The van der Waals surface area contributed by atoms with Gasteiger partial charge in [0.05, 0.1) is 19.4 Å². The Kier molecular flexibility index (Phi) is 3.57. The molecule has 0 aliphatic carbocycles. The van der Waals surface area contributed by atoms with Crippen molar-refractivity contribution >= 4 is 5.97 Å². The minimum absolute atomic E-state index is 0.407. The second-order valence-electron chi connectivity index (χ2n) is 2.80. The summed E-state index contributed by atoms with van der Waals surface area (Å²) in [6.45, 7) is 2.54. The largest absolute Gasteiger partial charge is 0.479 e. The van der Waals surface area contributed by atoms with Crippen LogP contribution in [-0.2, 0) is 9.53 Å². The first kappa shape index (κ1) is 9.85. The minimum atomic E-state index is -0.935. The number of nitrogens with zero attached hydrogens (tertiary/aromatic N) is 2. The summed E-state index contributed by atoms with van der Waals surface area (Å²) < 4.78 is 5.04. The summed E-state index contributed by atoms with van der Waals surface area (Å²) in [5.41, 5.74) is 1.08. The van der Waals surface area contributed by atoms with Crippen LogP contribution in [0.1, 0.15) is 13.3 Å². The van der Waals surface area contributed by atoms with Gasteiger partial charge >= 0.3 is 5.97 Å². The molecule has 0 spiro atoms. The van der Waals surface area contributed by atoms with E-state index in [9.17, 15) is 4.79 Å². The number of hydrogen-bond donors (Lipinski definition) is 1. The molecule has 5 nitrogen and oxygen atoms in total. The Hall–Kier alpha value is -1.23. The van der Waals surface area contributed by atoms with E-state index in [0.717, 1.165) is 5.57 Å². The van der Waals surface area contributed by atoms with Gasteiger partial charge in [-0.05, 0) is 18.9 Å². The lowest BCUT2D eigenvalue weighted by Gasteiger charge is -2.07. The molecule has 1 rings (SSSR count). The van der Waals surface area contributed by atoms with E-state index in [1.54, 1.807) is 6.20 Å². The second kappa shape index (κ2) is 4.71. The Balaban J connectivity index is 2.10. The first-order valence-electron chi connectivity index (χ1n) is 4.09. The molecule has 0 amide bonds. The normalized spacial score (nSPS) is 17.2. The van der Waals surface area contributed by atoms with Gasteiger partial charge in [0.2, 0.25) is 0 Å². The summed E-state index contributed by atoms with van der Waals surface area (Å²) >= 11 is 0. The van der Waals surface area contributed by atoms with Crippen LogP contribution in [0.5, 0.6) is 0 Å². The minimum Gasteiger partial charge on any atom is -0.479 e. The topological polar surface area (TPSA) is 71.2 Å². The van der Waals surface area contributed by atoms with Crippen LogP contribution in [0.25, 0.3) is 0 Å². The van der Waals surface area contributed by atoms with Crippen molar-refractivity contribution in [2.24, 2.45) is 10.2 Å². The van der Waals surface area contributed by atoms with Crippen LogP contribution >= 0.6 is 0 Å². The molecule has 0 bridgehead atoms. The molecular formula is C8H12N2O3. The number of carboxylic acids is 1. The van der Waals surface area contributed by atoms with E-state index in [2.05, 4.69) is 10.2 Å². The Labute approximate surface area is 76.1 Å². The van der Waals surface area contributed by atoms with Crippen LogP contribution in [0.3, 0.4) is 0 Å². The van der Waals surface area contributed by atoms with Gasteiger partial charge in [-0.25, -0.2) is 4.79 Å². The van der Waals surface area contributed by atoms with Gasteiger partial charge in [-0.3, -0.25) is 0 Å². The van der Waals surface area contributed by atoms with Crippen molar-refractivity contribution in [2.45, 2.75) is 19.4 Å². The van der Waals surface area contributed by atoms with E-state index >= 15 is 0 Å². The molecule has 0 aromatic rings. The zero-order valence-corrected chi connectivity index (χ0v) is 7.43.